The lowest BCUT2D eigenvalue weighted by Crippen LogP contribution is -2.55. The third-order valence-electron chi connectivity index (χ3n) is 8.99. The van der Waals surface area contributed by atoms with E-state index in [1.807, 2.05) is 0 Å². The Hall–Kier alpha value is -3.73. The summed E-state index contributed by atoms with van der Waals surface area (Å²) in [5.41, 5.74) is -2.45. The van der Waals surface area contributed by atoms with E-state index < -0.39 is 47.8 Å². The fraction of sp³-hybridized carbons (Fsp3) is 0.649. The Balaban J connectivity index is 1.96. The Morgan fingerprint density at radius 2 is 1.60 bits per heavy atom. The molecule has 0 spiro atoms. The highest BCUT2D eigenvalue weighted by molar-refractivity contribution is 5.94. The fourth-order valence-electron chi connectivity index (χ4n) is 5.98. The van der Waals surface area contributed by atoms with Crippen LogP contribution in [-0.4, -0.2) is 68.3 Å². The minimum atomic E-state index is -3.01. The smallest absolute Gasteiger partial charge is 0.337 e. The van der Waals surface area contributed by atoms with Crippen LogP contribution in [0.2, 0.25) is 0 Å². The molecule has 3 atom stereocenters. The Bertz CT molecular complexity index is 1210. The first kappa shape index (κ1) is 40.4. The first-order valence-electron chi connectivity index (χ1n) is 17.4. The van der Waals surface area contributed by atoms with E-state index in [9.17, 15) is 44.4 Å². The number of rotatable bonds is 24. The van der Waals surface area contributed by atoms with Crippen molar-refractivity contribution in [2.45, 2.75) is 128 Å². The lowest BCUT2D eigenvalue weighted by Gasteiger charge is -2.29. The molecule has 1 amide bonds. The maximum Gasteiger partial charge on any atom is 0.337 e. The monoisotopic (exact) mass is 673 g/mol. The molecule has 48 heavy (non-hydrogen) atoms. The molecule has 1 aliphatic rings. The van der Waals surface area contributed by atoms with Gasteiger partial charge >= 0.3 is 17.9 Å². The number of hydrogen-bond donors (Lipinski definition) is 5. The van der Waals surface area contributed by atoms with Crippen LogP contribution in [0, 0.1) is 17.8 Å². The van der Waals surface area contributed by atoms with Crippen LogP contribution in [0.4, 0.5) is 0 Å². The maximum absolute atomic E-state index is 13.3. The third-order valence-corrected chi connectivity index (χ3v) is 8.99. The quantitative estimate of drug-likeness (QED) is 0.0648. The lowest BCUT2D eigenvalue weighted by molar-refractivity contribution is -0.172. The van der Waals surface area contributed by atoms with E-state index in [4.69, 9.17) is 4.74 Å². The van der Waals surface area contributed by atoms with Gasteiger partial charge in [-0.05, 0) is 61.6 Å². The van der Waals surface area contributed by atoms with Gasteiger partial charge in [0, 0.05) is 19.3 Å². The van der Waals surface area contributed by atoms with Crippen molar-refractivity contribution < 1.29 is 49.1 Å². The summed E-state index contributed by atoms with van der Waals surface area (Å²) in [6, 6.07) is 5.22. The molecule has 0 radical (unpaired) electrons. The second kappa shape index (κ2) is 21.3. The van der Waals surface area contributed by atoms with Crippen LogP contribution < -0.4 is 10.1 Å². The van der Waals surface area contributed by atoms with Crippen molar-refractivity contribution in [2.75, 3.05) is 6.61 Å². The van der Waals surface area contributed by atoms with Crippen molar-refractivity contribution in [1.82, 2.24) is 5.32 Å². The van der Waals surface area contributed by atoms with Crippen LogP contribution in [0.5, 0.6) is 5.75 Å². The second-order valence-electron chi connectivity index (χ2n) is 13.5. The number of Topliss-reactive ketones (excluding diaryl/α,β-unsaturated/α-hetero) is 1. The summed E-state index contributed by atoms with van der Waals surface area (Å²) in [5.74, 6) is -5.85. The van der Waals surface area contributed by atoms with Gasteiger partial charge in [-0.2, -0.15) is 0 Å². The number of amides is 1. The number of ether oxygens (including phenoxy) is 1. The highest BCUT2D eigenvalue weighted by atomic mass is 16.5. The van der Waals surface area contributed by atoms with Gasteiger partial charge in [-0.15, -0.1) is 0 Å². The number of allylic oxidation sites excluding steroid dienone is 1. The maximum atomic E-state index is 13.3. The molecule has 1 aromatic carbocycles. The van der Waals surface area contributed by atoms with Crippen LogP contribution in [0.1, 0.15) is 116 Å². The number of benzene rings is 1. The van der Waals surface area contributed by atoms with Crippen molar-refractivity contribution in [3.63, 3.8) is 0 Å². The summed E-state index contributed by atoms with van der Waals surface area (Å²) in [5, 5.41) is 42.2. The summed E-state index contributed by atoms with van der Waals surface area (Å²) in [6.07, 6.45) is 14.0. The minimum Gasteiger partial charge on any atom is -0.494 e. The number of ketones is 1. The molecular formula is C37H55NO10. The second-order valence-corrected chi connectivity index (χ2v) is 13.5. The Morgan fingerprint density at radius 3 is 2.21 bits per heavy atom. The van der Waals surface area contributed by atoms with Gasteiger partial charge in [0.1, 0.15) is 17.6 Å². The Morgan fingerprint density at radius 1 is 0.938 bits per heavy atom. The van der Waals surface area contributed by atoms with Crippen molar-refractivity contribution in [2.24, 2.45) is 17.8 Å². The van der Waals surface area contributed by atoms with E-state index in [0.29, 0.717) is 61.2 Å². The summed E-state index contributed by atoms with van der Waals surface area (Å²) < 4.78 is 5.68. The SMILES string of the molecule is CC(C)CCOc1ccc(C[C@H](NC(=O)[C@@H](/C=C/CCCCCCC(=O)CCC2CCCCC2)[C@](O)(CC(=O)O)C(=O)O)C(=O)O)cc1. The predicted molar refractivity (Wildman–Crippen MR) is 181 cm³/mol. The molecule has 0 aromatic heterocycles. The molecule has 11 heteroatoms. The molecule has 2 rings (SSSR count). The number of carboxylic acid groups (broad SMARTS) is 3. The van der Waals surface area contributed by atoms with Gasteiger partial charge in [-0.1, -0.05) is 83.1 Å². The summed E-state index contributed by atoms with van der Waals surface area (Å²) in [4.78, 5) is 61.2. The molecule has 11 nitrogen and oxygen atoms in total. The Kier molecular flexibility index (Phi) is 17.9. The van der Waals surface area contributed by atoms with Crippen LogP contribution in [0.25, 0.3) is 0 Å². The minimum absolute atomic E-state index is 0.142. The number of carboxylic acids is 3. The topological polar surface area (TPSA) is 188 Å². The highest BCUT2D eigenvalue weighted by Crippen LogP contribution is 2.28. The lowest BCUT2D eigenvalue weighted by atomic mass is 9.82. The molecule has 1 fully saturated rings. The standard InChI is InChI=1S/C37H55NO10/c1-26(2)22-23-48-30-20-17-28(18-21-30)24-32(35(43)44)38-34(42)31(37(47,36(45)46)25-33(40)41)15-11-6-4-3-5-10-14-29(39)19-16-27-12-8-7-9-13-27/h11,15,17-18,20-21,26-27,31-32,47H,3-10,12-14,16,19,22-25H2,1-2H3,(H,38,42)(H,40,41)(H,43,44)(H,45,46)/b15-11+/t31-,32+,37-/m1/s1. The van der Waals surface area contributed by atoms with Gasteiger partial charge in [0.15, 0.2) is 5.60 Å². The summed E-state index contributed by atoms with van der Waals surface area (Å²) >= 11 is 0. The van der Waals surface area contributed by atoms with Crippen molar-refractivity contribution in [3.8, 4) is 5.75 Å². The molecule has 1 aliphatic carbocycles. The molecule has 0 unspecified atom stereocenters. The number of aliphatic hydroxyl groups is 1. The first-order valence-corrected chi connectivity index (χ1v) is 17.4. The zero-order valence-corrected chi connectivity index (χ0v) is 28.5. The Labute approximate surface area is 284 Å². The van der Waals surface area contributed by atoms with Gasteiger partial charge in [0.25, 0.3) is 0 Å². The number of carbonyl (C=O) groups is 5. The molecule has 5 N–H and O–H groups in total. The molecule has 268 valence electrons. The van der Waals surface area contributed by atoms with Gasteiger partial charge in [0.05, 0.1) is 18.9 Å². The number of unbranched alkanes of at least 4 members (excludes halogenated alkanes) is 4. The molecule has 0 saturated heterocycles. The first-order chi connectivity index (χ1) is 22.8. The zero-order valence-electron chi connectivity index (χ0n) is 28.5. The largest absolute Gasteiger partial charge is 0.494 e. The highest BCUT2D eigenvalue weighted by Gasteiger charge is 2.49. The van der Waals surface area contributed by atoms with Crippen LogP contribution >= 0.6 is 0 Å². The van der Waals surface area contributed by atoms with E-state index in [1.54, 1.807) is 24.3 Å². The van der Waals surface area contributed by atoms with Crippen LogP contribution in [0.15, 0.2) is 36.4 Å². The fourth-order valence-corrected chi connectivity index (χ4v) is 5.98. The van der Waals surface area contributed by atoms with Gasteiger partial charge < -0.3 is 30.5 Å². The molecular weight excluding hydrogens is 618 g/mol. The van der Waals surface area contributed by atoms with E-state index in [1.165, 1.54) is 38.2 Å². The van der Waals surface area contributed by atoms with E-state index in [0.717, 1.165) is 38.2 Å². The van der Waals surface area contributed by atoms with Crippen LogP contribution in [-0.2, 0) is 30.4 Å². The van der Waals surface area contributed by atoms with E-state index in [2.05, 4.69) is 19.2 Å². The van der Waals surface area contributed by atoms with Gasteiger partial charge in [-0.25, -0.2) is 9.59 Å². The van der Waals surface area contributed by atoms with E-state index in [-0.39, 0.29) is 6.42 Å². The average molecular weight is 674 g/mol. The normalized spacial score (nSPS) is 16.2. The molecule has 1 aromatic rings. The van der Waals surface area contributed by atoms with Crippen molar-refractivity contribution >= 4 is 29.6 Å². The third kappa shape index (κ3) is 15.0. The number of carbonyl (C=O) groups excluding carboxylic acids is 2. The summed E-state index contributed by atoms with van der Waals surface area (Å²) in [7, 11) is 0. The zero-order chi connectivity index (χ0) is 35.5. The van der Waals surface area contributed by atoms with Crippen LogP contribution in [0.3, 0.4) is 0 Å². The van der Waals surface area contributed by atoms with Crippen molar-refractivity contribution in [3.05, 3.63) is 42.0 Å². The molecule has 0 bridgehead atoms. The van der Waals surface area contributed by atoms with Gasteiger partial charge in [-0.3, -0.25) is 14.4 Å². The number of hydrogen-bond acceptors (Lipinski definition) is 7. The number of nitrogens with one attached hydrogen (secondary N) is 1. The molecule has 0 aliphatic heterocycles. The average Bonchev–Trinajstić information content (AvgIpc) is 3.03. The number of aliphatic carboxylic acids is 3. The van der Waals surface area contributed by atoms with Crippen molar-refractivity contribution in [1.29, 1.82) is 0 Å². The predicted octanol–water partition coefficient (Wildman–Crippen LogP) is 5.96. The van der Waals surface area contributed by atoms with E-state index >= 15 is 0 Å². The molecule has 1 saturated carbocycles. The summed E-state index contributed by atoms with van der Waals surface area (Å²) in [6.45, 7) is 4.70. The van der Waals surface area contributed by atoms with Gasteiger partial charge in [0.2, 0.25) is 5.91 Å². The molecule has 0 heterocycles.